The van der Waals surface area contributed by atoms with E-state index < -0.39 is 0 Å². The molecule has 0 atom stereocenters. The molecule has 2 nitrogen and oxygen atoms in total. The third-order valence-corrected chi connectivity index (χ3v) is 4.94. The van der Waals surface area contributed by atoms with Crippen molar-refractivity contribution >= 4 is 5.78 Å². The molecule has 0 unspecified atom stereocenters. The molecule has 0 amide bonds. The average molecular weight is 340 g/mol. The Labute approximate surface area is 152 Å². The normalized spacial score (nSPS) is 11.1. The number of carbonyl (C=O) groups is 1. The molecule has 0 saturated heterocycles. The Morgan fingerprint density at radius 2 is 0.875 bits per heavy atom. The van der Waals surface area contributed by atoms with Crippen molar-refractivity contribution < 1.29 is 4.79 Å². The van der Waals surface area contributed by atoms with Gasteiger partial charge in [0.15, 0.2) is 0 Å². The Morgan fingerprint density at radius 1 is 0.542 bits per heavy atom. The lowest BCUT2D eigenvalue weighted by molar-refractivity contribution is -0.119. The summed E-state index contributed by atoms with van der Waals surface area (Å²) in [5, 5.41) is 0. The number of rotatable bonds is 20. The van der Waals surface area contributed by atoms with Crippen molar-refractivity contribution in [2.24, 2.45) is 5.73 Å². The topological polar surface area (TPSA) is 43.1 Å². The maximum Gasteiger partial charge on any atom is 0.132 e. The molecule has 24 heavy (non-hydrogen) atoms. The number of hydrogen-bond acceptors (Lipinski definition) is 2. The second-order valence-corrected chi connectivity index (χ2v) is 7.48. The van der Waals surface area contributed by atoms with E-state index in [0.717, 1.165) is 32.2 Å². The predicted octanol–water partition coefficient (Wildman–Crippen LogP) is 6.95. The SMILES string of the molecule is CCCC(=O)CCCCCCCCCCCCCCCCCCN. The third-order valence-electron chi connectivity index (χ3n) is 4.94. The number of hydrogen-bond donors (Lipinski definition) is 1. The Hall–Kier alpha value is -0.370. The standard InChI is InChI=1S/C22H45NO/c1-2-19-22(24)20-17-15-13-11-9-7-5-3-4-6-8-10-12-14-16-18-21-23/h2-21,23H2,1H3. The maximum atomic E-state index is 11.4. The van der Waals surface area contributed by atoms with Crippen LogP contribution in [0.15, 0.2) is 0 Å². The highest BCUT2D eigenvalue weighted by atomic mass is 16.1. The summed E-state index contributed by atoms with van der Waals surface area (Å²) in [6.07, 6.45) is 24.4. The Morgan fingerprint density at radius 3 is 1.21 bits per heavy atom. The van der Waals surface area contributed by atoms with Crippen LogP contribution in [0, 0.1) is 0 Å². The first-order valence-corrected chi connectivity index (χ1v) is 11.0. The van der Waals surface area contributed by atoms with E-state index >= 15 is 0 Å². The van der Waals surface area contributed by atoms with E-state index in [1.807, 2.05) is 0 Å². The van der Waals surface area contributed by atoms with Crippen LogP contribution < -0.4 is 5.73 Å². The zero-order chi connectivity index (χ0) is 17.7. The Kier molecular flexibility index (Phi) is 20.4. The molecule has 2 heteroatoms. The van der Waals surface area contributed by atoms with Gasteiger partial charge in [-0.25, -0.2) is 0 Å². The van der Waals surface area contributed by atoms with Crippen LogP contribution in [0.5, 0.6) is 0 Å². The van der Waals surface area contributed by atoms with E-state index in [1.165, 1.54) is 96.3 Å². The van der Waals surface area contributed by atoms with E-state index in [2.05, 4.69) is 6.92 Å². The van der Waals surface area contributed by atoms with E-state index in [4.69, 9.17) is 5.73 Å². The van der Waals surface area contributed by atoms with Crippen LogP contribution in [0.25, 0.3) is 0 Å². The van der Waals surface area contributed by atoms with Gasteiger partial charge in [0.05, 0.1) is 0 Å². The van der Waals surface area contributed by atoms with E-state index in [1.54, 1.807) is 0 Å². The van der Waals surface area contributed by atoms with Gasteiger partial charge in [0, 0.05) is 12.8 Å². The summed E-state index contributed by atoms with van der Waals surface area (Å²) < 4.78 is 0. The summed E-state index contributed by atoms with van der Waals surface area (Å²) in [6.45, 7) is 2.95. The molecule has 144 valence electrons. The van der Waals surface area contributed by atoms with Crippen LogP contribution in [0.3, 0.4) is 0 Å². The van der Waals surface area contributed by atoms with Crippen molar-refractivity contribution in [1.82, 2.24) is 0 Å². The number of ketones is 1. The minimum Gasteiger partial charge on any atom is -0.330 e. The van der Waals surface area contributed by atoms with E-state index in [9.17, 15) is 4.79 Å². The first-order valence-electron chi connectivity index (χ1n) is 11.0. The summed E-state index contributed by atoms with van der Waals surface area (Å²) in [7, 11) is 0. The molecule has 0 aromatic rings. The molecule has 0 aromatic carbocycles. The fraction of sp³-hybridized carbons (Fsp3) is 0.955. The molecular weight excluding hydrogens is 294 g/mol. The molecule has 0 aliphatic rings. The van der Waals surface area contributed by atoms with Crippen molar-refractivity contribution in [3.05, 3.63) is 0 Å². The Balaban J connectivity index is 3.01. The van der Waals surface area contributed by atoms with Gasteiger partial charge in [-0.15, -0.1) is 0 Å². The molecule has 0 aromatic heterocycles. The summed E-state index contributed by atoms with van der Waals surface area (Å²) in [6, 6.07) is 0. The lowest BCUT2D eigenvalue weighted by Gasteiger charge is -2.03. The number of Topliss-reactive ketones (excluding diaryl/α,β-unsaturated/α-hetero) is 1. The Bertz CT molecular complexity index is 252. The van der Waals surface area contributed by atoms with Gasteiger partial charge < -0.3 is 5.73 Å². The van der Waals surface area contributed by atoms with Crippen molar-refractivity contribution in [3.63, 3.8) is 0 Å². The summed E-state index contributed by atoms with van der Waals surface area (Å²) in [5.74, 6) is 0.466. The van der Waals surface area contributed by atoms with Crippen LogP contribution in [0.4, 0.5) is 0 Å². The zero-order valence-corrected chi connectivity index (χ0v) is 16.6. The highest BCUT2D eigenvalue weighted by Gasteiger charge is 1.99. The van der Waals surface area contributed by atoms with Gasteiger partial charge in [0.1, 0.15) is 5.78 Å². The lowest BCUT2D eigenvalue weighted by Crippen LogP contribution is -1.97. The molecule has 0 bridgehead atoms. The molecule has 0 aliphatic carbocycles. The van der Waals surface area contributed by atoms with Gasteiger partial charge in [-0.1, -0.05) is 96.8 Å². The van der Waals surface area contributed by atoms with Crippen LogP contribution in [-0.4, -0.2) is 12.3 Å². The second kappa shape index (κ2) is 20.7. The van der Waals surface area contributed by atoms with E-state index in [-0.39, 0.29) is 0 Å². The molecule has 0 spiro atoms. The number of nitrogens with two attached hydrogens (primary N) is 1. The first kappa shape index (κ1) is 23.6. The van der Waals surface area contributed by atoms with Crippen LogP contribution in [0.1, 0.15) is 129 Å². The molecule has 0 rings (SSSR count). The fourth-order valence-corrected chi connectivity index (χ4v) is 3.35. The van der Waals surface area contributed by atoms with Crippen molar-refractivity contribution in [3.8, 4) is 0 Å². The van der Waals surface area contributed by atoms with E-state index in [0.29, 0.717) is 5.78 Å². The summed E-state index contributed by atoms with van der Waals surface area (Å²) in [5.41, 5.74) is 5.50. The average Bonchev–Trinajstić information content (AvgIpc) is 2.58. The van der Waals surface area contributed by atoms with Crippen LogP contribution in [0.2, 0.25) is 0 Å². The number of carbonyl (C=O) groups excluding carboxylic acids is 1. The lowest BCUT2D eigenvalue weighted by atomic mass is 10.0. The quantitative estimate of drug-likeness (QED) is 0.244. The minimum atomic E-state index is 0.466. The molecule has 2 N–H and O–H groups in total. The summed E-state index contributed by atoms with van der Waals surface area (Å²) >= 11 is 0. The molecule has 0 fully saturated rings. The van der Waals surface area contributed by atoms with Gasteiger partial charge in [-0.3, -0.25) is 4.79 Å². The third kappa shape index (κ3) is 19.7. The molecule has 0 aliphatic heterocycles. The maximum absolute atomic E-state index is 11.4. The van der Waals surface area contributed by atoms with Crippen molar-refractivity contribution in [2.75, 3.05) is 6.54 Å². The smallest absolute Gasteiger partial charge is 0.132 e. The van der Waals surface area contributed by atoms with Gasteiger partial charge in [-0.05, 0) is 25.8 Å². The van der Waals surface area contributed by atoms with Gasteiger partial charge >= 0.3 is 0 Å². The van der Waals surface area contributed by atoms with Gasteiger partial charge in [0.25, 0.3) is 0 Å². The molecule has 0 saturated carbocycles. The van der Waals surface area contributed by atoms with Gasteiger partial charge in [-0.2, -0.15) is 0 Å². The number of unbranched alkanes of at least 4 members (excludes halogenated alkanes) is 15. The van der Waals surface area contributed by atoms with Gasteiger partial charge in [0.2, 0.25) is 0 Å². The largest absolute Gasteiger partial charge is 0.330 e. The fourth-order valence-electron chi connectivity index (χ4n) is 3.35. The van der Waals surface area contributed by atoms with Crippen molar-refractivity contribution in [1.29, 1.82) is 0 Å². The zero-order valence-electron chi connectivity index (χ0n) is 16.6. The molecule has 0 heterocycles. The second-order valence-electron chi connectivity index (χ2n) is 7.48. The highest BCUT2D eigenvalue weighted by Crippen LogP contribution is 2.14. The van der Waals surface area contributed by atoms with Crippen LogP contribution in [-0.2, 0) is 4.79 Å². The minimum absolute atomic E-state index is 0.466. The van der Waals surface area contributed by atoms with Crippen molar-refractivity contribution in [2.45, 2.75) is 129 Å². The monoisotopic (exact) mass is 339 g/mol. The van der Waals surface area contributed by atoms with Crippen LogP contribution >= 0.6 is 0 Å². The highest BCUT2D eigenvalue weighted by molar-refractivity contribution is 5.78. The summed E-state index contributed by atoms with van der Waals surface area (Å²) in [4.78, 5) is 11.4. The predicted molar refractivity (Wildman–Crippen MR) is 107 cm³/mol. The molecular formula is C22H45NO. The first-order chi connectivity index (χ1) is 11.8. The molecule has 0 radical (unpaired) electrons.